The number of aromatic nitrogens is 1. The second-order valence-corrected chi connectivity index (χ2v) is 11.9. The van der Waals surface area contributed by atoms with Gasteiger partial charge in [-0.25, -0.2) is 4.98 Å². The minimum Gasteiger partial charge on any atom is -0.493 e. The number of rotatable bonds is 7. The molecule has 2 aliphatic heterocycles. The molecule has 198 valence electrons. The first-order valence-corrected chi connectivity index (χ1v) is 13.8. The van der Waals surface area contributed by atoms with Crippen molar-refractivity contribution in [3.63, 3.8) is 0 Å². The predicted molar refractivity (Wildman–Crippen MR) is 148 cm³/mol. The molecular formula is C30H40N4O3. The van der Waals surface area contributed by atoms with Crippen molar-refractivity contribution in [1.29, 1.82) is 0 Å². The number of hydrogen-bond acceptors (Lipinski definition) is 7. The van der Waals surface area contributed by atoms with Gasteiger partial charge in [0.25, 0.3) is 0 Å². The van der Waals surface area contributed by atoms with Crippen LogP contribution in [0.3, 0.4) is 0 Å². The topological polar surface area (TPSA) is 63.0 Å². The molecule has 0 amide bonds. The standard InChI is InChI=1S/C30H40N4O3/c1-19(2)34-17-30(18-34)15-22(16-30)37-29-14-25-23(12-28(29)35-5)24(31-21-8-10-33(4)11-9-21)13-26(32-25)27-7-6-20(3)36-27/h6-7,12-14,19,21-22H,8-11,15-18H2,1-5H3,(H,31,32). The first kappa shape index (κ1) is 24.6. The van der Waals surface area contributed by atoms with Crippen molar-refractivity contribution in [3.8, 4) is 23.0 Å². The van der Waals surface area contributed by atoms with Crippen molar-refractivity contribution in [2.45, 2.75) is 64.6 Å². The maximum absolute atomic E-state index is 6.53. The molecule has 2 aromatic heterocycles. The minimum absolute atomic E-state index is 0.230. The van der Waals surface area contributed by atoms with Crippen LogP contribution in [0.4, 0.5) is 5.69 Å². The van der Waals surface area contributed by atoms with Gasteiger partial charge in [0.15, 0.2) is 17.3 Å². The van der Waals surface area contributed by atoms with Gasteiger partial charge in [-0.15, -0.1) is 0 Å². The highest BCUT2D eigenvalue weighted by molar-refractivity contribution is 5.95. The third-order valence-electron chi connectivity index (χ3n) is 8.59. The van der Waals surface area contributed by atoms with Crippen molar-refractivity contribution >= 4 is 16.6 Å². The van der Waals surface area contributed by atoms with Gasteiger partial charge in [0.05, 0.1) is 12.6 Å². The SMILES string of the molecule is COc1cc2c(NC3CCN(C)CC3)cc(-c3ccc(C)o3)nc2cc1OC1CC2(C1)CN(C(C)C)C2. The molecule has 7 heteroatoms. The Labute approximate surface area is 220 Å². The number of fused-ring (bicyclic) bond motifs is 1. The van der Waals surface area contributed by atoms with Crippen LogP contribution in [0.5, 0.6) is 11.5 Å². The lowest BCUT2D eigenvalue weighted by molar-refractivity contribution is -0.129. The van der Waals surface area contributed by atoms with E-state index in [1.165, 1.54) is 13.1 Å². The van der Waals surface area contributed by atoms with Crippen molar-refractivity contribution < 1.29 is 13.9 Å². The lowest BCUT2D eigenvalue weighted by Gasteiger charge is -2.60. The molecule has 0 atom stereocenters. The summed E-state index contributed by atoms with van der Waals surface area (Å²) in [5, 5.41) is 4.87. The van der Waals surface area contributed by atoms with E-state index in [4.69, 9.17) is 18.9 Å². The van der Waals surface area contributed by atoms with E-state index in [2.05, 4.69) is 54.2 Å². The molecule has 2 saturated heterocycles. The van der Waals surface area contributed by atoms with Crippen molar-refractivity contribution in [1.82, 2.24) is 14.8 Å². The van der Waals surface area contributed by atoms with Crippen LogP contribution < -0.4 is 14.8 Å². The Morgan fingerprint density at radius 3 is 2.49 bits per heavy atom. The number of hydrogen-bond donors (Lipinski definition) is 1. The normalized spacial score (nSPS) is 20.8. The number of benzene rings is 1. The van der Waals surface area contributed by atoms with Crippen LogP contribution in [0.25, 0.3) is 22.4 Å². The Kier molecular flexibility index (Phi) is 6.32. The maximum Gasteiger partial charge on any atom is 0.163 e. The molecule has 3 fully saturated rings. The number of pyridine rings is 1. The van der Waals surface area contributed by atoms with Gasteiger partial charge in [-0.05, 0) is 90.9 Å². The molecule has 1 aliphatic carbocycles. The summed E-state index contributed by atoms with van der Waals surface area (Å²) in [6.07, 6.45) is 4.68. The number of nitrogens with zero attached hydrogens (tertiary/aromatic N) is 3. The van der Waals surface area contributed by atoms with Gasteiger partial charge in [-0.3, -0.25) is 4.90 Å². The highest BCUT2D eigenvalue weighted by Crippen LogP contribution is 2.51. The molecule has 0 bridgehead atoms. The summed E-state index contributed by atoms with van der Waals surface area (Å²) in [6, 6.07) is 11.3. The fraction of sp³-hybridized carbons (Fsp3) is 0.567. The molecular weight excluding hydrogens is 464 g/mol. The highest BCUT2D eigenvalue weighted by Gasteiger charge is 2.53. The van der Waals surface area contributed by atoms with Crippen LogP contribution in [0, 0.1) is 12.3 Å². The molecule has 1 aromatic carbocycles. The van der Waals surface area contributed by atoms with E-state index >= 15 is 0 Å². The Balaban J connectivity index is 1.29. The van der Waals surface area contributed by atoms with Gasteiger partial charge in [0.1, 0.15) is 17.6 Å². The lowest BCUT2D eigenvalue weighted by Crippen LogP contribution is -2.65. The van der Waals surface area contributed by atoms with Crippen LogP contribution >= 0.6 is 0 Å². The number of aryl methyl sites for hydroxylation is 1. The summed E-state index contributed by atoms with van der Waals surface area (Å²) in [4.78, 5) is 9.95. The second-order valence-electron chi connectivity index (χ2n) is 11.9. The molecule has 3 aliphatic rings. The Bertz CT molecular complexity index is 1260. The van der Waals surface area contributed by atoms with E-state index in [0.717, 1.165) is 84.1 Å². The number of methoxy groups -OCH3 is 1. The summed E-state index contributed by atoms with van der Waals surface area (Å²) in [5.74, 6) is 3.21. The maximum atomic E-state index is 6.53. The van der Waals surface area contributed by atoms with E-state index < -0.39 is 0 Å². The molecule has 6 rings (SSSR count). The first-order valence-electron chi connectivity index (χ1n) is 13.8. The summed E-state index contributed by atoms with van der Waals surface area (Å²) >= 11 is 0. The number of ether oxygens (including phenoxy) is 2. The van der Waals surface area contributed by atoms with Crippen molar-refractivity contribution in [3.05, 3.63) is 36.1 Å². The number of piperidine rings is 1. The summed E-state index contributed by atoms with van der Waals surface area (Å²) < 4.78 is 18.3. The third-order valence-corrected chi connectivity index (χ3v) is 8.59. The summed E-state index contributed by atoms with van der Waals surface area (Å²) in [6.45, 7) is 11.1. The van der Waals surface area contributed by atoms with Gasteiger partial charge < -0.3 is 24.1 Å². The van der Waals surface area contributed by atoms with E-state index in [1.54, 1.807) is 7.11 Å². The molecule has 1 saturated carbocycles. The quantitative estimate of drug-likeness (QED) is 0.451. The number of nitrogens with one attached hydrogen (secondary N) is 1. The molecule has 37 heavy (non-hydrogen) atoms. The monoisotopic (exact) mass is 504 g/mol. The van der Waals surface area contributed by atoms with Gasteiger partial charge >= 0.3 is 0 Å². The fourth-order valence-electron chi connectivity index (χ4n) is 6.28. The summed E-state index contributed by atoms with van der Waals surface area (Å²) in [7, 11) is 3.91. The first-order chi connectivity index (χ1) is 17.8. The minimum atomic E-state index is 0.230. The van der Waals surface area contributed by atoms with Gasteiger partial charge in [-0.1, -0.05) is 0 Å². The van der Waals surface area contributed by atoms with Crippen molar-refractivity contribution in [2.24, 2.45) is 5.41 Å². The van der Waals surface area contributed by atoms with Gasteiger partial charge in [0, 0.05) is 47.7 Å². The summed E-state index contributed by atoms with van der Waals surface area (Å²) in [5.41, 5.74) is 3.24. The zero-order valence-corrected chi connectivity index (χ0v) is 22.8. The Morgan fingerprint density at radius 2 is 1.84 bits per heavy atom. The van der Waals surface area contributed by atoms with E-state index in [0.29, 0.717) is 17.5 Å². The van der Waals surface area contributed by atoms with Crippen LogP contribution in [0.15, 0.2) is 34.7 Å². The number of furan rings is 1. The molecule has 7 nitrogen and oxygen atoms in total. The largest absolute Gasteiger partial charge is 0.493 e. The van der Waals surface area contributed by atoms with E-state index in [1.807, 2.05) is 19.1 Å². The average Bonchev–Trinajstić information content (AvgIpc) is 3.26. The predicted octanol–water partition coefficient (Wildman–Crippen LogP) is 5.57. The lowest BCUT2D eigenvalue weighted by atomic mass is 9.61. The second kappa shape index (κ2) is 9.52. The molecule has 3 aromatic rings. The highest BCUT2D eigenvalue weighted by atomic mass is 16.5. The van der Waals surface area contributed by atoms with Crippen LogP contribution in [0.1, 0.15) is 45.3 Å². The van der Waals surface area contributed by atoms with Crippen LogP contribution in [-0.4, -0.2) is 73.3 Å². The molecule has 0 unspecified atom stereocenters. The zero-order chi connectivity index (χ0) is 25.7. The number of likely N-dealkylation sites (tertiary alicyclic amines) is 2. The average molecular weight is 505 g/mol. The van der Waals surface area contributed by atoms with Gasteiger partial charge in [0.2, 0.25) is 0 Å². The third kappa shape index (κ3) is 4.79. The smallest absolute Gasteiger partial charge is 0.163 e. The van der Waals surface area contributed by atoms with Crippen molar-refractivity contribution in [2.75, 3.05) is 45.7 Å². The van der Waals surface area contributed by atoms with E-state index in [9.17, 15) is 0 Å². The molecule has 1 N–H and O–H groups in total. The molecule has 0 radical (unpaired) electrons. The number of anilines is 1. The van der Waals surface area contributed by atoms with Crippen LogP contribution in [0.2, 0.25) is 0 Å². The Hall–Kier alpha value is -2.77. The van der Waals surface area contributed by atoms with E-state index in [-0.39, 0.29) is 6.10 Å². The van der Waals surface area contributed by atoms with Gasteiger partial charge in [-0.2, -0.15) is 0 Å². The molecule has 1 spiro atoms. The fourth-order valence-corrected chi connectivity index (χ4v) is 6.28. The zero-order valence-electron chi connectivity index (χ0n) is 22.8. The van der Waals surface area contributed by atoms with Crippen LogP contribution in [-0.2, 0) is 0 Å². The Morgan fingerprint density at radius 1 is 1.08 bits per heavy atom. The molecule has 4 heterocycles.